The molecule has 0 saturated carbocycles. The van der Waals surface area contributed by atoms with Crippen LogP contribution in [0.15, 0.2) is 16.3 Å². The lowest BCUT2D eigenvalue weighted by atomic mass is 10.0. The van der Waals surface area contributed by atoms with E-state index in [1.54, 1.807) is 10.3 Å². The Morgan fingerprint density at radius 2 is 1.89 bits per heavy atom. The Hall–Kier alpha value is -2.31. The van der Waals surface area contributed by atoms with E-state index in [4.69, 9.17) is 4.74 Å². The Morgan fingerprint density at radius 1 is 1.22 bits per heavy atom. The molecule has 0 radical (unpaired) electrons. The highest BCUT2D eigenvalue weighted by atomic mass is 32.2. The van der Waals surface area contributed by atoms with Gasteiger partial charge in [0.25, 0.3) is 5.91 Å². The number of ether oxygens (including phenoxy) is 1. The fraction of sp³-hybridized carbons (Fsp3) is 0.667. The number of piperazine rings is 1. The van der Waals surface area contributed by atoms with Gasteiger partial charge in [0.05, 0.1) is 43.1 Å². The second-order valence-corrected chi connectivity index (χ2v) is 11.0. The van der Waals surface area contributed by atoms with E-state index in [0.29, 0.717) is 11.3 Å². The summed E-state index contributed by atoms with van der Waals surface area (Å²) in [6.07, 6.45) is -7.81. The maximum Gasteiger partial charge on any atom is 0.427 e. The molecule has 1 fully saturated rings. The number of hydrogen-bond acceptors (Lipinski definition) is 9. The van der Waals surface area contributed by atoms with Crippen LogP contribution in [-0.2, 0) is 25.7 Å². The highest BCUT2D eigenvalue weighted by molar-refractivity contribution is 7.89. The van der Waals surface area contributed by atoms with Gasteiger partial charge in [-0.2, -0.15) is 35.7 Å². The third-order valence-corrected chi connectivity index (χ3v) is 8.08. The third-order valence-electron chi connectivity index (χ3n) is 5.15. The molecule has 0 aliphatic carbocycles. The Labute approximate surface area is 206 Å². The van der Waals surface area contributed by atoms with Gasteiger partial charge in [0.2, 0.25) is 10.0 Å². The Bertz CT molecular complexity index is 1100. The second-order valence-electron chi connectivity index (χ2n) is 7.89. The number of sulfonamides is 1. The summed E-state index contributed by atoms with van der Waals surface area (Å²) in [5.41, 5.74) is 1.16. The molecule has 2 aliphatic heterocycles. The quantitative estimate of drug-likeness (QED) is 0.380. The maximum atomic E-state index is 13.1. The van der Waals surface area contributed by atoms with Gasteiger partial charge in [-0.05, 0) is 6.92 Å². The molecule has 0 bridgehead atoms. The molecular weight excluding hydrogens is 542 g/mol. The van der Waals surface area contributed by atoms with Crippen molar-refractivity contribution in [1.29, 1.82) is 0 Å². The van der Waals surface area contributed by atoms with E-state index in [1.807, 2.05) is 0 Å². The number of rotatable bonds is 8. The van der Waals surface area contributed by atoms with E-state index < -0.39 is 56.6 Å². The zero-order chi connectivity index (χ0) is 26.7. The minimum Gasteiger partial charge on any atom is -0.378 e. The predicted octanol–water partition coefficient (Wildman–Crippen LogP) is 1.75. The molecule has 2 atom stereocenters. The number of anilines is 1. The molecule has 202 valence electrons. The van der Waals surface area contributed by atoms with E-state index in [0.717, 1.165) is 12.4 Å². The lowest BCUT2D eigenvalue weighted by Crippen LogP contribution is -2.49. The molecule has 1 amide bonds. The molecule has 0 spiro atoms. The molecule has 18 heteroatoms. The van der Waals surface area contributed by atoms with Crippen LogP contribution in [0.1, 0.15) is 11.8 Å². The molecular formula is C18H22F6N6O4S2. The number of halogens is 6. The van der Waals surface area contributed by atoms with Crippen LogP contribution in [0.3, 0.4) is 0 Å². The minimum atomic E-state index is -4.85. The molecule has 1 aromatic heterocycles. The summed E-state index contributed by atoms with van der Waals surface area (Å²) in [7, 11) is -3.74. The average molecular weight is 565 g/mol. The van der Waals surface area contributed by atoms with Gasteiger partial charge in [0.1, 0.15) is 4.88 Å². The molecule has 3 rings (SSSR count). The van der Waals surface area contributed by atoms with Crippen LogP contribution < -0.4 is 10.3 Å². The van der Waals surface area contributed by atoms with Crippen molar-refractivity contribution in [2.45, 2.75) is 25.3 Å². The number of carbonyl (C=O) groups excluding carboxylic acids is 1. The van der Waals surface area contributed by atoms with Crippen LogP contribution in [0.5, 0.6) is 0 Å². The number of hydrazone groups is 1. The van der Waals surface area contributed by atoms with E-state index >= 15 is 0 Å². The van der Waals surface area contributed by atoms with Gasteiger partial charge >= 0.3 is 12.4 Å². The van der Waals surface area contributed by atoms with Crippen molar-refractivity contribution in [3.05, 3.63) is 11.1 Å². The molecule has 2 aliphatic rings. The molecule has 36 heavy (non-hydrogen) atoms. The van der Waals surface area contributed by atoms with Gasteiger partial charge in [0.15, 0.2) is 11.0 Å². The number of nitrogens with one attached hydrogen (secondary N) is 1. The van der Waals surface area contributed by atoms with Crippen molar-refractivity contribution in [3.8, 4) is 0 Å². The van der Waals surface area contributed by atoms with Crippen molar-refractivity contribution in [1.82, 2.24) is 14.7 Å². The lowest BCUT2D eigenvalue weighted by Gasteiger charge is -2.33. The molecule has 3 heterocycles. The summed E-state index contributed by atoms with van der Waals surface area (Å²) in [4.78, 5) is 19.9. The maximum absolute atomic E-state index is 13.1. The zero-order valence-corrected chi connectivity index (χ0v) is 20.3. The molecule has 1 saturated heterocycles. The van der Waals surface area contributed by atoms with Crippen molar-refractivity contribution >= 4 is 44.3 Å². The van der Waals surface area contributed by atoms with E-state index in [9.17, 15) is 39.6 Å². The van der Waals surface area contributed by atoms with Crippen molar-refractivity contribution in [2.75, 3.05) is 50.0 Å². The normalized spacial score (nSPS) is 22.2. The molecule has 1 unspecified atom stereocenters. The summed E-state index contributed by atoms with van der Waals surface area (Å²) in [5, 5.41) is 3.49. The van der Waals surface area contributed by atoms with Gasteiger partial charge in [-0.3, -0.25) is 9.79 Å². The second kappa shape index (κ2) is 11.0. The lowest BCUT2D eigenvalue weighted by molar-refractivity contribution is -0.168. The first-order valence-electron chi connectivity index (χ1n) is 10.5. The number of alkyl halides is 6. The standard InChI is InChI=1S/C18H22F6N6O4S2/c1-11(27-12-8-26-28-15(31)14(12)18(22,23)24)10-34-6-7-36(32,33)30-4-2-29(3-5-30)16-25-9-13(35-16)17(19,20)21/h8-9,11,14H,2-7,10H2,1H3,(H,28,31)/t11-,14?/m0/s1. The van der Waals surface area contributed by atoms with E-state index in [2.05, 4.69) is 15.1 Å². The highest BCUT2D eigenvalue weighted by Crippen LogP contribution is 2.36. The fourth-order valence-corrected chi connectivity index (χ4v) is 5.54. The number of amides is 1. The number of carbonyl (C=O) groups is 1. The number of aromatic nitrogens is 1. The first kappa shape index (κ1) is 28.3. The highest BCUT2D eigenvalue weighted by Gasteiger charge is 2.49. The van der Waals surface area contributed by atoms with Gasteiger partial charge in [0, 0.05) is 26.2 Å². The van der Waals surface area contributed by atoms with Crippen LogP contribution in [0, 0.1) is 5.92 Å². The van der Waals surface area contributed by atoms with Crippen LogP contribution in [0.25, 0.3) is 0 Å². The summed E-state index contributed by atoms with van der Waals surface area (Å²) in [6, 6.07) is -0.812. The Kier molecular flexibility index (Phi) is 8.62. The summed E-state index contributed by atoms with van der Waals surface area (Å²) in [5.74, 6) is -4.21. The molecule has 10 nitrogen and oxygen atoms in total. The number of aliphatic imine (C=N–C) groups is 1. The van der Waals surface area contributed by atoms with Crippen LogP contribution in [-0.4, -0.2) is 92.9 Å². The molecule has 1 aromatic rings. The third kappa shape index (κ3) is 7.13. The largest absolute Gasteiger partial charge is 0.427 e. The van der Waals surface area contributed by atoms with Crippen molar-refractivity contribution in [3.63, 3.8) is 0 Å². The molecule has 1 N–H and O–H groups in total. The Balaban J connectivity index is 1.46. The first-order chi connectivity index (χ1) is 16.7. The van der Waals surface area contributed by atoms with Gasteiger partial charge in [-0.25, -0.2) is 18.8 Å². The van der Waals surface area contributed by atoms with Crippen LogP contribution in [0.4, 0.5) is 31.5 Å². The van der Waals surface area contributed by atoms with Crippen LogP contribution >= 0.6 is 11.3 Å². The number of thiazole rings is 1. The average Bonchev–Trinajstić information content (AvgIpc) is 3.27. The van der Waals surface area contributed by atoms with Crippen molar-refractivity contribution < 1.29 is 44.3 Å². The predicted molar refractivity (Wildman–Crippen MR) is 119 cm³/mol. The smallest absolute Gasteiger partial charge is 0.378 e. The summed E-state index contributed by atoms with van der Waals surface area (Å²) < 4.78 is 109. The van der Waals surface area contributed by atoms with E-state index in [-0.39, 0.29) is 44.5 Å². The number of nitrogens with zero attached hydrogens (tertiary/aromatic N) is 5. The van der Waals surface area contributed by atoms with Gasteiger partial charge in [-0.15, -0.1) is 0 Å². The first-order valence-corrected chi connectivity index (χ1v) is 12.9. The fourth-order valence-electron chi connectivity index (χ4n) is 3.40. The monoisotopic (exact) mass is 564 g/mol. The van der Waals surface area contributed by atoms with Crippen molar-refractivity contribution in [2.24, 2.45) is 16.0 Å². The summed E-state index contributed by atoms with van der Waals surface area (Å²) >= 11 is 0.487. The van der Waals surface area contributed by atoms with Gasteiger partial charge < -0.3 is 9.64 Å². The topological polar surface area (TPSA) is 117 Å². The number of hydrogen-bond donors (Lipinski definition) is 1. The minimum absolute atomic E-state index is 0.0492. The van der Waals surface area contributed by atoms with Gasteiger partial charge in [-0.1, -0.05) is 11.3 Å². The zero-order valence-electron chi connectivity index (χ0n) is 18.7. The summed E-state index contributed by atoms with van der Waals surface area (Å²) in [6.45, 7) is 1.41. The van der Waals surface area contributed by atoms with Crippen LogP contribution in [0.2, 0.25) is 0 Å². The SMILES string of the molecule is C[C@@H](COCCS(=O)(=O)N1CCN(c2ncc(C(F)(F)F)s2)CC1)N=C1C=NNC(=O)C1C(F)(F)F. The van der Waals surface area contributed by atoms with E-state index in [1.165, 1.54) is 11.2 Å². The Morgan fingerprint density at radius 3 is 2.47 bits per heavy atom. The molecule has 0 aromatic carbocycles.